The van der Waals surface area contributed by atoms with Crippen LogP contribution in [0.1, 0.15) is 13.8 Å². The molecule has 0 N–H and O–H groups in total. The van der Waals surface area contributed by atoms with Gasteiger partial charge in [-0.1, -0.05) is 0 Å². The van der Waals surface area contributed by atoms with Crippen molar-refractivity contribution in [3.8, 4) is 5.75 Å². The number of benzene rings is 1. The minimum Gasteiger partial charge on any atom is -0.497 e. The Bertz CT molecular complexity index is 636. The first-order valence-corrected chi connectivity index (χ1v) is 7.54. The summed E-state index contributed by atoms with van der Waals surface area (Å²) in [5.74, 6) is 0.677. The van der Waals surface area contributed by atoms with Crippen molar-refractivity contribution in [3.63, 3.8) is 0 Å². The lowest BCUT2D eigenvalue weighted by Gasteiger charge is -2.24. The first-order chi connectivity index (χ1) is 10.5. The van der Waals surface area contributed by atoms with Gasteiger partial charge in [0.05, 0.1) is 20.3 Å². The minimum absolute atomic E-state index is 0.182. The Hall–Kier alpha value is -2.01. The third-order valence-corrected chi connectivity index (χ3v) is 3.88. The predicted molar refractivity (Wildman–Crippen MR) is 87.2 cm³/mol. The maximum absolute atomic E-state index is 11.6. The van der Waals surface area contributed by atoms with Gasteiger partial charge in [0, 0.05) is 29.7 Å². The number of fused-ring (bicyclic) bond motifs is 1. The normalized spacial score (nSPS) is 12.6. The van der Waals surface area contributed by atoms with Crippen molar-refractivity contribution in [2.45, 2.75) is 26.4 Å². The summed E-state index contributed by atoms with van der Waals surface area (Å²) in [7, 11) is 3.61. The number of likely N-dealkylation sites (N-methyl/N-ethyl adjacent to an activating group) is 1. The van der Waals surface area contributed by atoms with Crippen molar-refractivity contribution in [3.05, 3.63) is 30.5 Å². The Kier molecular flexibility index (Phi) is 5.44. The largest absolute Gasteiger partial charge is 0.497 e. The molecule has 1 atom stereocenters. The lowest BCUT2D eigenvalue weighted by molar-refractivity contribution is -0.144. The number of methoxy groups -OCH3 is 1. The molecule has 0 aliphatic heterocycles. The Labute approximate surface area is 131 Å². The smallest absolute Gasteiger partial charge is 0.320 e. The third kappa shape index (κ3) is 3.80. The van der Waals surface area contributed by atoms with Crippen molar-refractivity contribution in [1.29, 1.82) is 0 Å². The van der Waals surface area contributed by atoms with Crippen LogP contribution in [0.15, 0.2) is 30.5 Å². The van der Waals surface area contributed by atoms with E-state index in [0.29, 0.717) is 13.2 Å². The molecule has 0 aliphatic rings. The molecule has 0 fully saturated rings. The molecule has 120 valence electrons. The van der Waals surface area contributed by atoms with E-state index < -0.39 is 0 Å². The predicted octanol–water partition coefficient (Wildman–Crippen LogP) is 2.53. The number of hydrogen-bond acceptors (Lipinski definition) is 4. The lowest BCUT2D eigenvalue weighted by Crippen LogP contribution is -2.37. The molecule has 5 nitrogen and oxygen atoms in total. The molecule has 0 amide bonds. The molecule has 0 saturated carbocycles. The van der Waals surface area contributed by atoms with Gasteiger partial charge < -0.3 is 14.0 Å². The Morgan fingerprint density at radius 1 is 1.36 bits per heavy atom. The van der Waals surface area contributed by atoms with Gasteiger partial charge in [0.25, 0.3) is 0 Å². The van der Waals surface area contributed by atoms with Gasteiger partial charge in [0.1, 0.15) is 5.75 Å². The van der Waals surface area contributed by atoms with Crippen LogP contribution in [-0.2, 0) is 16.1 Å². The Morgan fingerprint density at radius 2 is 2.14 bits per heavy atom. The summed E-state index contributed by atoms with van der Waals surface area (Å²) in [6.07, 6.45) is 2.07. The van der Waals surface area contributed by atoms with Crippen LogP contribution in [0.5, 0.6) is 5.75 Å². The van der Waals surface area contributed by atoms with Gasteiger partial charge in [-0.05, 0) is 45.2 Å². The van der Waals surface area contributed by atoms with Crippen LogP contribution in [0.2, 0.25) is 0 Å². The second-order valence-corrected chi connectivity index (χ2v) is 5.46. The van der Waals surface area contributed by atoms with Gasteiger partial charge >= 0.3 is 5.97 Å². The molecule has 1 unspecified atom stereocenters. The van der Waals surface area contributed by atoms with E-state index >= 15 is 0 Å². The summed E-state index contributed by atoms with van der Waals surface area (Å²) >= 11 is 0. The van der Waals surface area contributed by atoms with Gasteiger partial charge in [-0.3, -0.25) is 9.69 Å². The average Bonchev–Trinajstić information content (AvgIpc) is 2.89. The molecule has 0 radical (unpaired) electrons. The number of carbonyl (C=O) groups is 1. The van der Waals surface area contributed by atoms with Crippen LogP contribution in [0.3, 0.4) is 0 Å². The summed E-state index contributed by atoms with van der Waals surface area (Å²) < 4.78 is 12.4. The molecule has 0 spiro atoms. The zero-order valence-corrected chi connectivity index (χ0v) is 13.7. The number of hydrogen-bond donors (Lipinski definition) is 0. The lowest BCUT2D eigenvalue weighted by atomic mass is 10.2. The third-order valence-electron chi connectivity index (χ3n) is 3.88. The SMILES string of the molecule is CCOC(=O)CN(C)C(C)Cn1ccc2cc(OC)ccc21. The summed E-state index contributed by atoms with van der Waals surface area (Å²) in [5.41, 5.74) is 1.16. The van der Waals surface area contributed by atoms with Crippen molar-refractivity contribution in [2.75, 3.05) is 27.3 Å². The molecule has 0 saturated heterocycles. The molecule has 2 rings (SSSR count). The summed E-state index contributed by atoms with van der Waals surface area (Å²) in [6, 6.07) is 8.36. The fourth-order valence-electron chi connectivity index (χ4n) is 2.45. The van der Waals surface area contributed by atoms with E-state index in [9.17, 15) is 4.79 Å². The van der Waals surface area contributed by atoms with Gasteiger partial charge in [-0.15, -0.1) is 0 Å². The van der Waals surface area contributed by atoms with E-state index in [1.54, 1.807) is 7.11 Å². The molecule has 2 aromatic rings. The van der Waals surface area contributed by atoms with E-state index in [2.05, 4.69) is 29.8 Å². The molecular formula is C17H24N2O3. The standard InChI is InChI=1S/C17H24N2O3/c1-5-22-17(20)12-18(3)13(2)11-19-9-8-14-10-15(21-4)6-7-16(14)19/h6-10,13H,5,11-12H2,1-4H3. The quantitative estimate of drug-likeness (QED) is 0.737. The van der Waals surface area contributed by atoms with E-state index in [1.165, 1.54) is 0 Å². The first-order valence-electron chi connectivity index (χ1n) is 7.54. The van der Waals surface area contributed by atoms with Crippen molar-refractivity contribution in [1.82, 2.24) is 9.47 Å². The van der Waals surface area contributed by atoms with Gasteiger partial charge in [0.2, 0.25) is 0 Å². The molecular weight excluding hydrogens is 280 g/mol. The fourth-order valence-corrected chi connectivity index (χ4v) is 2.45. The second kappa shape index (κ2) is 7.31. The van der Waals surface area contributed by atoms with E-state index in [-0.39, 0.29) is 12.0 Å². The summed E-state index contributed by atoms with van der Waals surface area (Å²) in [6.45, 7) is 5.47. The zero-order valence-electron chi connectivity index (χ0n) is 13.7. The van der Waals surface area contributed by atoms with Crippen molar-refractivity contribution >= 4 is 16.9 Å². The zero-order chi connectivity index (χ0) is 16.1. The van der Waals surface area contributed by atoms with Crippen LogP contribution in [0.4, 0.5) is 0 Å². The maximum atomic E-state index is 11.6. The van der Waals surface area contributed by atoms with E-state index in [1.807, 2.05) is 31.0 Å². The average molecular weight is 304 g/mol. The number of esters is 1. The molecule has 1 heterocycles. The van der Waals surface area contributed by atoms with Crippen molar-refractivity contribution in [2.24, 2.45) is 0 Å². The maximum Gasteiger partial charge on any atom is 0.320 e. The highest BCUT2D eigenvalue weighted by molar-refractivity contribution is 5.81. The number of rotatable bonds is 7. The van der Waals surface area contributed by atoms with Crippen LogP contribution < -0.4 is 4.74 Å². The van der Waals surface area contributed by atoms with Crippen LogP contribution in [0, 0.1) is 0 Å². The number of nitrogens with zero attached hydrogens (tertiary/aromatic N) is 2. The monoisotopic (exact) mass is 304 g/mol. The fraction of sp³-hybridized carbons (Fsp3) is 0.471. The minimum atomic E-state index is -0.182. The van der Waals surface area contributed by atoms with Gasteiger partial charge in [-0.25, -0.2) is 0 Å². The van der Waals surface area contributed by atoms with Gasteiger partial charge in [-0.2, -0.15) is 0 Å². The number of ether oxygens (including phenoxy) is 2. The molecule has 0 aliphatic carbocycles. The summed E-state index contributed by atoms with van der Waals surface area (Å²) in [4.78, 5) is 13.6. The number of carbonyl (C=O) groups excluding carboxylic acids is 1. The van der Waals surface area contributed by atoms with Gasteiger partial charge in [0.15, 0.2) is 0 Å². The van der Waals surface area contributed by atoms with Crippen LogP contribution >= 0.6 is 0 Å². The number of aromatic nitrogens is 1. The highest BCUT2D eigenvalue weighted by atomic mass is 16.5. The second-order valence-electron chi connectivity index (χ2n) is 5.46. The molecule has 1 aromatic carbocycles. The van der Waals surface area contributed by atoms with Crippen LogP contribution in [-0.4, -0.2) is 48.8 Å². The van der Waals surface area contributed by atoms with E-state index in [4.69, 9.17) is 9.47 Å². The van der Waals surface area contributed by atoms with Crippen LogP contribution in [0.25, 0.3) is 10.9 Å². The Morgan fingerprint density at radius 3 is 2.82 bits per heavy atom. The molecule has 0 bridgehead atoms. The Balaban J connectivity index is 2.05. The molecule has 22 heavy (non-hydrogen) atoms. The first kappa shape index (κ1) is 16.4. The molecule has 5 heteroatoms. The van der Waals surface area contributed by atoms with Crippen molar-refractivity contribution < 1.29 is 14.3 Å². The highest BCUT2D eigenvalue weighted by Gasteiger charge is 2.15. The topological polar surface area (TPSA) is 43.7 Å². The molecule has 1 aromatic heterocycles. The van der Waals surface area contributed by atoms with E-state index in [0.717, 1.165) is 23.2 Å². The summed E-state index contributed by atoms with van der Waals surface area (Å²) in [5, 5.41) is 1.15. The highest BCUT2D eigenvalue weighted by Crippen LogP contribution is 2.22.